The quantitative estimate of drug-likeness (QED) is 0.159. The standard InChI is InChI=1S/C29H25ClF6N2O5/c1-27(2,3)43-26(41)38-22(11-16-7-5-4-6-8-16)25(40)42-23-10-9-19(30)15-21(23)24(39)37-20-13-17(28(31,32)33)12-18(14-20)29(34,35)36/h4-10,12-15,22H,11H2,1-3H3,(H,37,39)(H,38,41)/t22-/m0/s1. The maximum atomic E-state index is 13.3. The molecule has 43 heavy (non-hydrogen) atoms. The number of ether oxygens (including phenoxy) is 2. The molecule has 1 atom stereocenters. The molecule has 0 unspecified atom stereocenters. The van der Waals surface area contributed by atoms with Crippen LogP contribution >= 0.6 is 11.6 Å². The molecule has 3 aromatic rings. The molecule has 0 bridgehead atoms. The second kappa shape index (κ2) is 12.9. The summed E-state index contributed by atoms with van der Waals surface area (Å²) in [6, 6.07) is 11.1. The van der Waals surface area contributed by atoms with Gasteiger partial charge in [0.1, 0.15) is 17.4 Å². The molecule has 230 valence electrons. The van der Waals surface area contributed by atoms with E-state index in [0.29, 0.717) is 17.7 Å². The number of hydrogen-bond acceptors (Lipinski definition) is 5. The van der Waals surface area contributed by atoms with Gasteiger partial charge in [-0.2, -0.15) is 26.3 Å². The molecule has 0 saturated carbocycles. The lowest BCUT2D eigenvalue weighted by molar-refractivity contribution is -0.143. The molecule has 0 saturated heterocycles. The molecule has 2 amide bonds. The minimum atomic E-state index is -5.15. The third-order valence-corrected chi connectivity index (χ3v) is 5.74. The van der Waals surface area contributed by atoms with Gasteiger partial charge in [0, 0.05) is 17.1 Å². The highest BCUT2D eigenvalue weighted by Gasteiger charge is 2.37. The number of alkyl carbamates (subject to hydrolysis) is 1. The maximum absolute atomic E-state index is 13.3. The minimum Gasteiger partial charge on any atom is -0.444 e. The van der Waals surface area contributed by atoms with E-state index in [0.717, 1.165) is 12.1 Å². The predicted octanol–water partition coefficient (Wildman–Crippen LogP) is 7.67. The molecule has 3 rings (SSSR count). The summed E-state index contributed by atoms with van der Waals surface area (Å²) in [7, 11) is 0. The zero-order valence-electron chi connectivity index (χ0n) is 22.8. The molecule has 7 nitrogen and oxygen atoms in total. The number of halogens is 7. The second-order valence-corrected chi connectivity index (χ2v) is 10.6. The number of hydrogen-bond donors (Lipinski definition) is 2. The Morgan fingerprint density at radius 2 is 1.42 bits per heavy atom. The van der Waals surface area contributed by atoms with E-state index < -0.39 is 70.1 Å². The van der Waals surface area contributed by atoms with Gasteiger partial charge in [-0.25, -0.2) is 9.59 Å². The molecule has 0 fully saturated rings. The van der Waals surface area contributed by atoms with Crippen LogP contribution in [0.3, 0.4) is 0 Å². The van der Waals surface area contributed by atoms with Crippen molar-refractivity contribution in [2.75, 3.05) is 5.32 Å². The number of alkyl halides is 6. The molecule has 0 aliphatic carbocycles. The number of anilines is 1. The summed E-state index contributed by atoms with van der Waals surface area (Å²) in [6.45, 7) is 4.83. The van der Waals surface area contributed by atoms with Crippen molar-refractivity contribution in [3.63, 3.8) is 0 Å². The lowest BCUT2D eigenvalue weighted by Gasteiger charge is -2.23. The third-order valence-electron chi connectivity index (χ3n) is 5.50. The maximum Gasteiger partial charge on any atom is 0.416 e. The fraction of sp³-hybridized carbons (Fsp3) is 0.276. The van der Waals surface area contributed by atoms with E-state index in [4.69, 9.17) is 21.1 Å². The SMILES string of the molecule is CC(C)(C)OC(=O)N[C@@H](Cc1ccccc1)C(=O)Oc1ccc(Cl)cc1C(=O)Nc1cc(C(F)(F)F)cc(C(F)(F)F)c1. The molecule has 0 aliphatic rings. The van der Waals surface area contributed by atoms with Crippen molar-refractivity contribution in [3.8, 4) is 5.75 Å². The van der Waals surface area contributed by atoms with Crippen molar-refractivity contribution >= 4 is 35.3 Å². The van der Waals surface area contributed by atoms with E-state index in [9.17, 15) is 40.7 Å². The van der Waals surface area contributed by atoms with Gasteiger partial charge in [-0.1, -0.05) is 41.9 Å². The highest BCUT2D eigenvalue weighted by molar-refractivity contribution is 6.31. The molecule has 0 aromatic heterocycles. The van der Waals surface area contributed by atoms with Gasteiger partial charge >= 0.3 is 24.4 Å². The van der Waals surface area contributed by atoms with Crippen molar-refractivity contribution in [3.05, 3.63) is 94.0 Å². The number of benzene rings is 3. The highest BCUT2D eigenvalue weighted by atomic mass is 35.5. The number of esters is 1. The second-order valence-electron chi connectivity index (χ2n) is 10.2. The van der Waals surface area contributed by atoms with Crippen LogP contribution in [-0.2, 0) is 28.3 Å². The summed E-state index contributed by atoms with van der Waals surface area (Å²) < 4.78 is 90.3. The van der Waals surface area contributed by atoms with Crippen LogP contribution < -0.4 is 15.4 Å². The number of carbonyl (C=O) groups is 3. The summed E-state index contributed by atoms with van der Waals surface area (Å²) in [6.07, 6.45) is -11.3. The van der Waals surface area contributed by atoms with Crippen molar-refractivity contribution < 1.29 is 50.2 Å². The van der Waals surface area contributed by atoms with Crippen LogP contribution in [0.1, 0.15) is 47.8 Å². The molecular weight excluding hydrogens is 606 g/mol. The lowest BCUT2D eigenvalue weighted by Crippen LogP contribution is -2.46. The van der Waals surface area contributed by atoms with Crippen molar-refractivity contribution in [2.24, 2.45) is 0 Å². The average molecular weight is 631 g/mol. The Hall–Kier alpha value is -4.26. The Bertz CT molecular complexity index is 1460. The first kappa shape index (κ1) is 33.2. The van der Waals surface area contributed by atoms with E-state index >= 15 is 0 Å². The van der Waals surface area contributed by atoms with E-state index in [2.05, 4.69) is 5.32 Å². The molecular formula is C29H25ClF6N2O5. The fourth-order valence-electron chi connectivity index (χ4n) is 3.67. The Kier molecular flexibility index (Phi) is 10.0. The van der Waals surface area contributed by atoms with Crippen molar-refractivity contribution in [2.45, 2.75) is 51.2 Å². The van der Waals surface area contributed by atoms with Gasteiger partial charge in [-0.3, -0.25) is 4.79 Å². The van der Waals surface area contributed by atoms with Crippen molar-refractivity contribution in [1.82, 2.24) is 5.32 Å². The third kappa shape index (κ3) is 9.91. The van der Waals surface area contributed by atoms with Crippen LogP contribution in [0.4, 0.5) is 36.8 Å². The number of amides is 2. The minimum absolute atomic E-state index is 0.0571. The summed E-state index contributed by atoms with van der Waals surface area (Å²) in [5, 5.41) is 4.32. The van der Waals surface area contributed by atoms with E-state index in [1.807, 2.05) is 5.32 Å². The van der Waals surface area contributed by atoms with Gasteiger partial charge in [-0.05, 0) is 62.7 Å². The van der Waals surface area contributed by atoms with Gasteiger partial charge in [-0.15, -0.1) is 0 Å². The van der Waals surface area contributed by atoms with Crippen molar-refractivity contribution in [1.29, 1.82) is 0 Å². The number of carbonyl (C=O) groups excluding carboxylic acids is 3. The Labute approximate surface area is 247 Å². The van der Waals surface area contributed by atoms with E-state index in [-0.39, 0.29) is 17.5 Å². The first-order valence-corrected chi connectivity index (χ1v) is 12.8. The van der Waals surface area contributed by atoms with Gasteiger partial charge in [0.15, 0.2) is 0 Å². The topological polar surface area (TPSA) is 93.7 Å². The van der Waals surface area contributed by atoms with Gasteiger partial charge in [0.25, 0.3) is 5.91 Å². The van der Waals surface area contributed by atoms with Crippen LogP contribution in [0.25, 0.3) is 0 Å². The highest BCUT2D eigenvalue weighted by Crippen LogP contribution is 2.38. The van der Waals surface area contributed by atoms with E-state index in [1.54, 1.807) is 51.1 Å². The molecule has 0 aliphatic heterocycles. The van der Waals surface area contributed by atoms with Gasteiger partial charge in [0.2, 0.25) is 0 Å². The molecule has 0 radical (unpaired) electrons. The summed E-state index contributed by atoms with van der Waals surface area (Å²) >= 11 is 5.98. The predicted molar refractivity (Wildman–Crippen MR) is 145 cm³/mol. The monoisotopic (exact) mass is 630 g/mol. The first-order valence-electron chi connectivity index (χ1n) is 12.5. The molecule has 14 heteroatoms. The summed E-state index contributed by atoms with van der Waals surface area (Å²) in [4.78, 5) is 38.8. The van der Waals surface area contributed by atoms with Crippen LogP contribution in [-0.4, -0.2) is 29.6 Å². The molecule has 0 heterocycles. The average Bonchev–Trinajstić information content (AvgIpc) is 2.87. The number of rotatable bonds is 7. The molecule has 0 spiro atoms. The van der Waals surface area contributed by atoms with Gasteiger partial charge in [0.05, 0.1) is 16.7 Å². The van der Waals surface area contributed by atoms with E-state index in [1.165, 1.54) is 6.07 Å². The molecule has 3 aromatic carbocycles. The van der Waals surface area contributed by atoms with Gasteiger partial charge < -0.3 is 20.1 Å². The molecule has 2 N–H and O–H groups in total. The normalized spacial score (nSPS) is 12.7. The zero-order chi connectivity index (χ0) is 32.2. The Balaban J connectivity index is 1.92. The Morgan fingerprint density at radius 3 is 1.95 bits per heavy atom. The van der Waals surface area contributed by atoms with Crippen LogP contribution in [0, 0.1) is 0 Å². The number of nitrogens with one attached hydrogen (secondary N) is 2. The lowest BCUT2D eigenvalue weighted by atomic mass is 10.1. The van der Waals surface area contributed by atoms with Crippen LogP contribution in [0.15, 0.2) is 66.7 Å². The first-order chi connectivity index (χ1) is 19.8. The van der Waals surface area contributed by atoms with Crippen LogP contribution in [0.5, 0.6) is 5.75 Å². The summed E-state index contributed by atoms with van der Waals surface area (Å²) in [5.74, 6) is -2.71. The fourth-order valence-corrected chi connectivity index (χ4v) is 3.84. The largest absolute Gasteiger partial charge is 0.444 e. The Morgan fingerprint density at radius 1 is 0.837 bits per heavy atom. The summed E-state index contributed by atoms with van der Waals surface area (Å²) in [5.41, 5.74) is -4.87. The smallest absolute Gasteiger partial charge is 0.416 e. The van der Waals surface area contributed by atoms with Crippen LogP contribution in [0.2, 0.25) is 5.02 Å². The zero-order valence-corrected chi connectivity index (χ0v) is 23.6.